The van der Waals surface area contributed by atoms with Crippen molar-refractivity contribution >= 4 is 11.6 Å². The van der Waals surface area contributed by atoms with Crippen molar-refractivity contribution < 1.29 is 14.3 Å². The highest BCUT2D eigenvalue weighted by Crippen LogP contribution is 2.29. The summed E-state index contributed by atoms with van der Waals surface area (Å²) in [4.78, 5) is 12.5. The first-order chi connectivity index (χ1) is 12.9. The van der Waals surface area contributed by atoms with Gasteiger partial charge in [0.1, 0.15) is 11.5 Å². The van der Waals surface area contributed by atoms with Crippen LogP contribution in [0.15, 0.2) is 48.5 Å². The Kier molecular flexibility index (Phi) is 7.71. The fourth-order valence-corrected chi connectivity index (χ4v) is 2.64. The fraction of sp³-hybridized carbons (Fsp3) is 0.435. The molecule has 2 rings (SSSR count). The second-order valence-electron chi connectivity index (χ2n) is 6.96. The highest BCUT2D eigenvalue weighted by Gasteiger charge is 2.18. The SMILES string of the molecule is CCC(C)Oc1ccc(NC(=O)C(C)Oc2ccccc2C(C)CC)cc1. The molecule has 0 saturated heterocycles. The number of amides is 1. The van der Waals surface area contributed by atoms with Crippen LogP contribution in [-0.4, -0.2) is 18.1 Å². The predicted octanol–water partition coefficient (Wildman–Crippen LogP) is 5.78. The fourth-order valence-electron chi connectivity index (χ4n) is 2.64. The Morgan fingerprint density at radius 3 is 2.22 bits per heavy atom. The first kappa shape index (κ1) is 20.8. The van der Waals surface area contributed by atoms with E-state index < -0.39 is 6.10 Å². The minimum Gasteiger partial charge on any atom is -0.491 e. The van der Waals surface area contributed by atoms with Crippen LogP contribution in [0, 0.1) is 0 Å². The summed E-state index contributed by atoms with van der Waals surface area (Å²) in [5.41, 5.74) is 1.85. The van der Waals surface area contributed by atoms with Gasteiger partial charge in [0.05, 0.1) is 6.10 Å². The van der Waals surface area contributed by atoms with Crippen LogP contribution in [0.1, 0.15) is 58.9 Å². The largest absolute Gasteiger partial charge is 0.491 e. The molecule has 0 spiro atoms. The zero-order valence-corrected chi connectivity index (χ0v) is 17.0. The van der Waals surface area contributed by atoms with Gasteiger partial charge in [-0.25, -0.2) is 0 Å². The maximum Gasteiger partial charge on any atom is 0.265 e. The first-order valence-electron chi connectivity index (χ1n) is 9.77. The number of nitrogens with one attached hydrogen (secondary N) is 1. The summed E-state index contributed by atoms with van der Waals surface area (Å²) >= 11 is 0. The molecule has 1 N–H and O–H groups in total. The number of carbonyl (C=O) groups is 1. The van der Waals surface area contributed by atoms with Gasteiger partial charge in [0.15, 0.2) is 6.10 Å². The number of benzene rings is 2. The van der Waals surface area contributed by atoms with Crippen molar-refractivity contribution in [2.24, 2.45) is 0 Å². The Balaban J connectivity index is 1.98. The molecule has 0 aromatic heterocycles. The van der Waals surface area contributed by atoms with Crippen LogP contribution >= 0.6 is 0 Å². The predicted molar refractivity (Wildman–Crippen MR) is 111 cm³/mol. The minimum atomic E-state index is -0.591. The third kappa shape index (κ3) is 6.02. The third-order valence-corrected chi connectivity index (χ3v) is 4.77. The Morgan fingerprint density at radius 2 is 1.59 bits per heavy atom. The minimum absolute atomic E-state index is 0.171. The Hall–Kier alpha value is -2.49. The number of carbonyl (C=O) groups excluding carboxylic acids is 1. The van der Waals surface area contributed by atoms with E-state index in [1.165, 1.54) is 0 Å². The lowest BCUT2D eigenvalue weighted by atomic mass is 9.98. The van der Waals surface area contributed by atoms with Crippen LogP contribution in [0.2, 0.25) is 0 Å². The van der Waals surface area contributed by atoms with Gasteiger partial charge >= 0.3 is 0 Å². The molecule has 2 aromatic rings. The molecule has 0 saturated carbocycles. The van der Waals surface area contributed by atoms with Crippen molar-refractivity contribution in [2.45, 2.75) is 65.6 Å². The molecule has 27 heavy (non-hydrogen) atoms. The van der Waals surface area contributed by atoms with Crippen molar-refractivity contribution in [3.8, 4) is 11.5 Å². The maximum absolute atomic E-state index is 12.5. The lowest BCUT2D eigenvalue weighted by Gasteiger charge is -2.20. The van der Waals surface area contributed by atoms with E-state index in [-0.39, 0.29) is 12.0 Å². The molecular formula is C23H31NO3. The first-order valence-corrected chi connectivity index (χ1v) is 9.77. The van der Waals surface area contributed by atoms with Gasteiger partial charge in [-0.2, -0.15) is 0 Å². The molecule has 4 nitrogen and oxygen atoms in total. The van der Waals surface area contributed by atoms with Crippen molar-refractivity contribution in [3.05, 3.63) is 54.1 Å². The smallest absolute Gasteiger partial charge is 0.265 e. The molecule has 0 aliphatic heterocycles. The molecule has 0 bridgehead atoms. The van der Waals surface area contributed by atoms with E-state index in [0.717, 1.165) is 35.6 Å². The Labute approximate surface area is 162 Å². The normalized spacial score (nSPS) is 14.1. The summed E-state index contributed by atoms with van der Waals surface area (Å²) in [6, 6.07) is 15.3. The number of rotatable bonds is 9. The third-order valence-electron chi connectivity index (χ3n) is 4.77. The van der Waals surface area contributed by atoms with Gasteiger partial charge in [0.2, 0.25) is 0 Å². The zero-order valence-electron chi connectivity index (χ0n) is 17.0. The molecule has 0 heterocycles. The molecule has 0 radical (unpaired) electrons. The summed E-state index contributed by atoms with van der Waals surface area (Å²) in [5, 5.41) is 2.90. The number of hydrogen-bond acceptors (Lipinski definition) is 3. The van der Waals surface area contributed by atoms with E-state index in [1.807, 2.05) is 49.4 Å². The van der Waals surface area contributed by atoms with Crippen LogP contribution in [0.3, 0.4) is 0 Å². The van der Waals surface area contributed by atoms with Gasteiger partial charge in [0.25, 0.3) is 5.91 Å². The summed E-state index contributed by atoms with van der Waals surface area (Å²) in [6.07, 6.45) is 1.55. The van der Waals surface area contributed by atoms with E-state index in [2.05, 4.69) is 32.2 Å². The topological polar surface area (TPSA) is 47.6 Å². The average molecular weight is 370 g/mol. The number of hydrogen-bond donors (Lipinski definition) is 1. The van der Waals surface area contributed by atoms with Gasteiger partial charge < -0.3 is 14.8 Å². The second-order valence-corrected chi connectivity index (χ2v) is 6.96. The van der Waals surface area contributed by atoms with Gasteiger partial charge in [-0.15, -0.1) is 0 Å². The average Bonchev–Trinajstić information content (AvgIpc) is 2.69. The Bertz CT molecular complexity index is 727. The molecular weight excluding hydrogens is 338 g/mol. The van der Waals surface area contributed by atoms with Crippen molar-refractivity contribution in [2.75, 3.05) is 5.32 Å². The number of ether oxygens (including phenoxy) is 2. The van der Waals surface area contributed by atoms with Crippen LogP contribution in [-0.2, 0) is 4.79 Å². The summed E-state index contributed by atoms with van der Waals surface area (Å²) in [5.74, 6) is 1.78. The molecule has 0 aliphatic carbocycles. The lowest BCUT2D eigenvalue weighted by molar-refractivity contribution is -0.122. The highest BCUT2D eigenvalue weighted by molar-refractivity contribution is 5.94. The van der Waals surface area contributed by atoms with E-state index >= 15 is 0 Å². The molecule has 1 amide bonds. The van der Waals surface area contributed by atoms with Crippen molar-refractivity contribution in [1.82, 2.24) is 0 Å². The highest BCUT2D eigenvalue weighted by atomic mass is 16.5. The second kappa shape index (κ2) is 10.0. The molecule has 3 unspecified atom stereocenters. The monoisotopic (exact) mass is 369 g/mol. The van der Waals surface area contributed by atoms with E-state index in [4.69, 9.17) is 9.47 Å². The molecule has 2 aromatic carbocycles. The lowest BCUT2D eigenvalue weighted by Crippen LogP contribution is -2.30. The number of anilines is 1. The van der Waals surface area contributed by atoms with Crippen LogP contribution in [0.4, 0.5) is 5.69 Å². The Morgan fingerprint density at radius 1 is 0.926 bits per heavy atom. The van der Waals surface area contributed by atoms with Gasteiger partial charge in [-0.1, -0.05) is 39.0 Å². The van der Waals surface area contributed by atoms with Crippen molar-refractivity contribution in [3.63, 3.8) is 0 Å². The quantitative estimate of drug-likeness (QED) is 0.609. The van der Waals surface area contributed by atoms with Gasteiger partial charge in [-0.05, 0) is 68.5 Å². The summed E-state index contributed by atoms with van der Waals surface area (Å²) in [6.45, 7) is 10.2. The van der Waals surface area contributed by atoms with Crippen LogP contribution in [0.5, 0.6) is 11.5 Å². The molecule has 0 fully saturated rings. The van der Waals surface area contributed by atoms with E-state index in [9.17, 15) is 4.79 Å². The maximum atomic E-state index is 12.5. The standard InChI is InChI=1S/C23H31NO3/c1-6-16(3)21-10-8-9-11-22(21)27-18(5)23(25)24-19-12-14-20(15-13-19)26-17(4)7-2/h8-18H,6-7H2,1-5H3,(H,24,25). The molecule has 146 valence electrons. The zero-order chi connectivity index (χ0) is 19.8. The van der Waals surface area contributed by atoms with E-state index in [0.29, 0.717) is 5.92 Å². The number of para-hydroxylation sites is 1. The van der Waals surface area contributed by atoms with Crippen LogP contribution < -0.4 is 14.8 Å². The van der Waals surface area contributed by atoms with Crippen LogP contribution in [0.25, 0.3) is 0 Å². The summed E-state index contributed by atoms with van der Waals surface area (Å²) in [7, 11) is 0. The molecule has 3 atom stereocenters. The summed E-state index contributed by atoms with van der Waals surface area (Å²) < 4.78 is 11.7. The van der Waals surface area contributed by atoms with Gasteiger partial charge in [-0.3, -0.25) is 4.79 Å². The molecule has 4 heteroatoms. The molecule has 0 aliphatic rings. The van der Waals surface area contributed by atoms with Gasteiger partial charge in [0, 0.05) is 5.69 Å². The van der Waals surface area contributed by atoms with E-state index in [1.54, 1.807) is 6.92 Å². The van der Waals surface area contributed by atoms with Crippen molar-refractivity contribution in [1.29, 1.82) is 0 Å².